The number of halogens is 1. The Morgan fingerprint density at radius 3 is 2.75 bits per heavy atom. The smallest absolute Gasteiger partial charge is 0.325 e. The molecule has 0 saturated heterocycles. The van der Waals surface area contributed by atoms with Gasteiger partial charge in [-0.3, -0.25) is 14.4 Å². The van der Waals surface area contributed by atoms with Gasteiger partial charge in [0.2, 0.25) is 0 Å². The van der Waals surface area contributed by atoms with Crippen LogP contribution in [0.5, 0.6) is 0 Å². The number of rotatable bonds is 7. The van der Waals surface area contributed by atoms with Crippen molar-refractivity contribution in [2.75, 3.05) is 13.2 Å². The van der Waals surface area contributed by atoms with Crippen LogP contribution < -0.4 is 5.32 Å². The monoisotopic (exact) mass is 455 g/mol. The molecule has 0 radical (unpaired) electrons. The second kappa shape index (κ2) is 9.56. The third-order valence-electron chi connectivity index (χ3n) is 4.71. The first-order chi connectivity index (χ1) is 15.5. The Morgan fingerprint density at radius 1 is 1.19 bits per heavy atom. The molecule has 3 aromatic rings. The molecule has 0 spiro atoms. The van der Waals surface area contributed by atoms with E-state index in [9.17, 15) is 18.8 Å². The van der Waals surface area contributed by atoms with Gasteiger partial charge in [0, 0.05) is 6.42 Å². The maximum atomic E-state index is 13.6. The van der Waals surface area contributed by atoms with Crippen molar-refractivity contribution in [2.45, 2.75) is 12.5 Å². The summed E-state index contributed by atoms with van der Waals surface area (Å²) < 4.78 is 24.1. The first-order valence-corrected chi connectivity index (χ1v) is 10.6. The zero-order valence-corrected chi connectivity index (χ0v) is 17.5. The third kappa shape index (κ3) is 4.75. The Bertz CT molecular complexity index is 1140. The summed E-state index contributed by atoms with van der Waals surface area (Å²) in [6, 6.07) is 12.2. The summed E-state index contributed by atoms with van der Waals surface area (Å²) in [4.78, 5) is 37.6. The first-order valence-electron chi connectivity index (χ1n) is 9.68. The van der Waals surface area contributed by atoms with E-state index in [2.05, 4.69) is 10.4 Å². The molecule has 3 heterocycles. The summed E-state index contributed by atoms with van der Waals surface area (Å²) in [5.74, 6) is -2.26. The number of hydrazone groups is 1. The minimum atomic E-state index is -0.834. The van der Waals surface area contributed by atoms with Crippen LogP contribution in [0, 0.1) is 5.82 Å². The molecule has 0 bridgehead atoms. The van der Waals surface area contributed by atoms with Gasteiger partial charge in [-0.15, -0.1) is 11.3 Å². The Hall–Kier alpha value is -3.79. The van der Waals surface area contributed by atoms with Crippen molar-refractivity contribution in [3.05, 3.63) is 82.2 Å². The van der Waals surface area contributed by atoms with Gasteiger partial charge < -0.3 is 14.5 Å². The molecule has 1 unspecified atom stereocenters. The van der Waals surface area contributed by atoms with Crippen LogP contribution >= 0.6 is 11.3 Å². The summed E-state index contributed by atoms with van der Waals surface area (Å²) in [5.41, 5.74) is 0.545. The summed E-state index contributed by atoms with van der Waals surface area (Å²) in [6.07, 6.45) is 1.98. The highest BCUT2D eigenvalue weighted by Gasteiger charge is 2.35. The lowest BCUT2D eigenvalue weighted by atomic mass is 10.1. The molecule has 1 atom stereocenters. The van der Waals surface area contributed by atoms with E-state index in [1.165, 1.54) is 40.8 Å². The lowest BCUT2D eigenvalue weighted by molar-refractivity contribution is -0.152. The maximum absolute atomic E-state index is 13.6. The van der Waals surface area contributed by atoms with E-state index < -0.39 is 42.8 Å². The van der Waals surface area contributed by atoms with Crippen LogP contribution in [0.25, 0.3) is 0 Å². The molecule has 8 nitrogen and oxygen atoms in total. The lowest BCUT2D eigenvalue weighted by Gasteiger charge is -2.19. The Kier molecular flexibility index (Phi) is 6.41. The van der Waals surface area contributed by atoms with Crippen LogP contribution in [0.2, 0.25) is 0 Å². The van der Waals surface area contributed by atoms with Gasteiger partial charge in [-0.2, -0.15) is 5.10 Å². The van der Waals surface area contributed by atoms with E-state index in [-0.39, 0.29) is 5.56 Å². The minimum Gasteiger partial charge on any atom is -0.467 e. The van der Waals surface area contributed by atoms with Crippen molar-refractivity contribution >= 4 is 34.8 Å². The Morgan fingerprint density at radius 2 is 2.03 bits per heavy atom. The van der Waals surface area contributed by atoms with Gasteiger partial charge in [0.15, 0.2) is 6.61 Å². The lowest BCUT2D eigenvalue weighted by Crippen LogP contribution is -2.35. The molecule has 1 aliphatic heterocycles. The molecule has 0 fully saturated rings. The van der Waals surface area contributed by atoms with Crippen molar-refractivity contribution in [3.63, 3.8) is 0 Å². The molecular formula is C22H18FN3O5S. The number of thiophene rings is 1. The molecule has 4 rings (SSSR count). The van der Waals surface area contributed by atoms with E-state index in [0.29, 0.717) is 12.2 Å². The average Bonchev–Trinajstić information content (AvgIpc) is 3.56. The van der Waals surface area contributed by atoms with Crippen LogP contribution in [0.1, 0.15) is 33.5 Å². The highest BCUT2D eigenvalue weighted by atomic mass is 32.1. The number of benzene rings is 1. The minimum absolute atomic E-state index is 0.190. The molecule has 1 aliphatic rings. The fourth-order valence-electron chi connectivity index (χ4n) is 3.19. The Labute approximate surface area is 186 Å². The predicted octanol–water partition coefficient (Wildman–Crippen LogP) is 3.13. The van der Waals surface area contributed by atoms with Gasteiger partial charge >= 0.3 is 5.97 Å². The summed E-state index contributed by atoms with van der Waals surface area (Å²) in [7, 11) is 0. The van der Waals surface area contributed by atoms with Crippen molar-refractivity contribution < 1.29 is 27.9 Å². The maximum Gasteiger partial charge on any atom is 0.325 e. The topological polar surface area (TPSA) is 101 Å². The van der Waals surface area contributed by atoms with Crippen LogP contribution in [0.4, 0.5) is 4.39 Å². The number of amides is 2. The molecular weight excluding hydrogens is 437 g/mol. The molecule has 32 heavy (non-hydrogen) atoms. The third-order valence-corrected chi connectivity index (χ3v) is 5.63. The normalized spacial score (nSPS) is 15.3. The molecule has 0 saturated carbocycles. The number of hydrogen-bond donors (Lipinski definition) is 1. The number of nitrogens with one attached hydrogen (secondary N) is 1. The van der Waals surface area contributed by atoms with Crippen LogP contribution in [0.15, 0.2) is 69.7 Å². The van der Waals surface area contributed by atoms with Gasteiger partial charge in [-0.1, -0.05) is 18.2 Å². The molecule has 10 heteroatoms. The van der Waals surface area contributed by atoms with Crippen molar-refractivity contribution in [2.24, 2.45) is 5.10 Å². The van der Waals surface area contributed by atoms with Gasteiger partial charge in [0.25, 0.3) is 11.8 Å². The molecule has 2 aromatic heterocycles. The fraction of sp³-hybridized carbons (Fsp3) is 0.182. The largest absolute Gasteiger partial charge is 0.467 e. The highest BCUT2D eigenvalue weighted by Crippen LogP contribution is 2.33. The van der Waals surface area contributed by atoms with Crippen LogP contribution in [-0.4, -0.2) is 41.7 Å². The molecule has 1 N–H and O–H groups in total. The van der Waals surface area contributed by atoms with Gasteiger partial charge in [0.1, 0.15) is 24.2 Å². The average molecular weight is 455 g/mol. The second-order valence-corrected chi connectivity index (χ2v) is 7.77. The summed E-state index contributed by atoms with van der Waals surface area (Å²) in [6.45, 7) is -1.07. The highest BCUT2D eigenvalue weighted by molar-refractivity contribution is 7.12. The standard InChI is InChI=1S/C22H18FN3O5S/c23-15-6-2-1-5-14(15)22(29)24-12-21(28)31-13-20(27)26-17(18-7-3-9-30-18)11-16(25-26)19-8-4-10-32-19/h1-10,17H,11-13H2,(H,24,29). The number of hydrogen-bond acceptors (Lipinski definition) is 7. The number of esters is 1. The Balaban J connectivity index is 1.35. The number of carbonyl (C=O) groups excluding carboxylic acids is 3. The zero-order chi connectivity index (χ0) is 22.5. The quantitative estimate of drug-likeness (QED) is 0.552. The van der Waals surface area contributed by atoms with Crippen molar-refractivity contribution in [1.82, 2.24) is 10.3 Å². The number of nitrogens with zero attached hydrogens (tertiary/aromatic N) is 2. The van der Waals surface area contributed by atoms with Crippen LogP contribution in [-0.2, 0) is 14.3 Å². The molecule has 2 amide bonds. The number of furan rings is 1. The summed E-state index contributed by atoms with van der Waals surface area (Å²) in [5, 5.41) is 9.85. The van der Waals surface area contributed by atoms with Crippen LogP contribution in [0.3, 0.4) is 0 Å². The van der Waals surface area contributed by atoms with Gasteiger partial charge in [0.05, 0.1) is 22.4 Å². The first kappa shape index (κ1) is 21.4. The van der Waals surface area contributed by atoms with Crippen molar-refractivity contribution in [3.8, 4) is 0 Å². The van der Waals surface area contributed by atoms with E-state index in [4.69, 9.17) is 9.15 Å². The zero-order valence-electron chi connectivity index (χ0n) is 16.7. The van der Waals surface area contributed by atoms with E-state index in [1.54, 1.807) is 12.1 Å². The fourth-order valence-corrected chi connectivity index (χ4v) is 3.91. The number of ether oxygens (including phenoxy) is 1. The predicted molar refractivity (Wildman–Crippen MR) is 113 cm³/mol. The van der Waals surface area contributed by atoms with Gasteiger partial charge in [-0.25, -0.2) is 9.40 Å². The van der Waals surface area contributed by atoms with E-state index in [0.717, 1.165) is 16.7 Å². The van der Waals surface area contributed by atoms with E-state index >= 15 is 0 Å². The molecule has 1 aromatic carbocycles. The SMILES string of the molecule is O=C(CNC(=O)c1ccccc1F)OCC(=O)N1N=C(c2cccs2)CC1c1ccco1. The summed E-state index contributed by atoms with van der Waals surface area (Å²) >= 11 is 1.51. The number of carbonyl (C=O) groups is 3. The van der Waals surface area contributed by atoms with Crippen molar-refractivity contribution in [1.29, 1.82) is 0 Å². The molecule has 164 valence electrons. The molecule has 0 aliphatic carbocycles. The van der Waals surface area contributed by atoms with E-state index in [1.807, 2.05) is 17.5 Å². The van der Waals surface area contributed by atoms with Gasteiger partial charge in [-0.05, 0) is 35.7 Å². The second-order valence-electron chi connectivity index (χ2n) is 6.82.